The van der Waals surface area contributed by atoms with Crippen LogP contribution in [0, 0.1) is 11.8 Å². The molecule has 0 aliphatic carbocycles. The molecule has 62 heavy (non-hydrogen) atoms. The Morgan fingerprint density at radius 2 is 0.952 bits per heavy atom. The maximum absolute atomic E-state index is 13.2. The standard InChI is InChI=1S/C45H75N7O10/c1-29(2)25-33(41(47)57)49-42(58)34(26-30(3)4)50-44(60)40(31(5)53)52-39(56)24-20-15-13-11-9-7-6-8-10-12-14-19-23-38(55)48-35(28-37(46)54)43(59)51-36(45(61)62)27-32-21-17-16-18-22-32/h16-18,21-22,29-31,33-36,40,53H,6-15,19-20,23-28H2,1-5H3,(H2,46,54)(H2,47,57)(H,48,55)(H,49,58)(H,50,60)(H,51,59)(H,52,56)(H,61,62)/t31-,33+,34+,35+,36+,40+/m1/s1. The molecule has 0 aliphatic rings. The minimum atomic E-state index is -1.27. The summed E-state index contributed by atoms with van der Waals surface area (Å²) >= 11 is 0. The average Bonchev–Trinajstić information content (AvgIpc) is 3.18. The average molecular weight is 874 g/mol. The molecule has 1 aromatic rings. The van der Waals surface area contributed by atoms with E-state index in [1.54, 1.807) is 30.3 Å². The number of hydrogen-bond acceptors (Lipinski definition) is 9. The van der Waals surface area contributed by atoms with E-state index >= 15 is 0 Å². The van der Waals surface area contributed by atoms with E-state index in [1.165, 1.54) is 6.92 Å². The van der Waals surface area contributed by atoms with Crippen molar-refractivity contribution in [2.24, 2.45) is 23.3 Å². The number of aliphatic hydroxyl groups excluding tert-OH is 1. The monoisotopic (exact) mass is 874 g/mol. The van der Waals surface area contributed by atoms with E-state index in [4.69, 9.17) is 11.5 Å². The van der Waals surface area contributed by atoms with Gasteiger partial charge in [0.05, 0.1) is 12.5 Å². The number of nitrogens with two attached hydrogens (primary N) is 2. The quantitative estimate of drug-likeness (QED) is 0.0456. The van der Waals surface area contributed by atoms with E-state index in [-0.39, 0.29) is 43.4 Å². The molecule has 0 saturated heterocycles. The normalized spacial score (nSPS) is 14.1. The zero-order chi connectivity index (χ0) is 46.6. The van der Waals surface area contributed by atoms with Gasteiger partial charge >= 0.3 is 5.97 Å². The number of primary amides is 2. The van der Waals surface area contributed by atoms with Crippen LogP contribution in [0.2, 0.25) is 0 Å². The highest BCUT2D eigenvalue weighted by molar-refractivity contribution is 5.95. The van der Waals surface area contributed by atoms with Crippen LogP contribution < -0.4 is 38.1 Å². The number of carboxylic acid groups (broad SMARTS) is 1. The molecule has 0 aliphatic heterocycles. The van der Waals surface area contributed by atoms with Crippen molar-refractivity contribution in [3.05, 3.63) is 35.9 Å². The van der Waals surface area contributed by atoms with Gasteiger partial charge in [0.25, 0.3) is 0 Å². The molecule has 0 aromatic heterocycles. The number of rotatable bonds is 34. The number of amides is 7. The van der Waals surface area contributed by atoms with Crippen LogP contribution in [0.3, 0.4) is 0 Å². The molecule has 0 saturated carbocycles. The van der Waals surface area contributed by atoms with Crippen LogP contribution in [0.4, 0.5) is 0 Å². The molecule has 6 atom stereocenters. The molecule has 17 heteroatoms. The number of aliphatic carboxylic acids is 1. The number of carbonyl (C=O) groups excluding carboxylic acids is 7. The zero-order valence-electron chi connectivity index (χ0n) is 37.5. The SMILES string of the molecule is CC(C)C[C@H](NC(=O)[C@H](CC(C)C)NC(=O)[C@@H](NC(=O)CCCCCCCCCCCCCCC(=O)N[C@@H](CC(N)=O)C(=O)N[C@@H](Cc1ccccc1)C(=O)O)[C@@H](C)O)C(N)=O. The lowest BCUT2D eigenvalue weighted by molar-refractivity contribution is -0.142. The van der Waals surface area contributed by atoms with Gasteiger partial charge in [-0.25, -0.2) is 4.79 Å². The second kappa shape index (κ2) is 30.9. The molecule has 17 nitrogen and oxygen atoms in total. The first kappa shape index (κ1) is 55.0. The van der Waals surface area contributed by atoms with Gasteiger partial charge in [0, 0.05) is 19.3 Å². The van der Waals surface area contributed by atoms with Crippen LogP contribution >= 0.6 is 0 Å². The van der Waals surface area contributed by atoms with Crippen molar-refractivity contribution in [2.75, 3.05) is 0 Å². The van der Waals surface area contributed by atoms with Gasteiger partial charge in [-0.15, -0.1) is 0 Å². The molecule has 1 rings (SSSR count). The van der Waals surface area contributed by atoms with Crippen molar-refractivity contribution in [2.45, 2.75) is 187 Å². The Bertz CT molecular complexity index is 1560. The summed E-state index contributed by atoms with van der Waals surface area (Å²) in [5, 5.41) is 32.8. The van der Waals surface area contributed by atoms with Crippen LogP contribution in [-0.4, -0.2) is 93.8 Å². The van der Waals surface area contributed by atoms with E-state index in [9.17, 15) is 48.6 Å². The van der Waals surface area contributed by atoms with Gasteiger partial charge in [0.1, 0.15) is 30.2 Å². The molecule has 11 N–H and O–H groups in total. The van der Waals surface area contributed by atoms with Crippen LogP contribution in [0.25, 0.3) is 0 Å². The number of nitrogens with one attached hydrogen (secondary N) is 5. The fourth-order valence-corrected chi connectivity index (χ4v) is 6.94. The molecular formula is C45H75N7O10. The second-order valence-electron chi connectivity index (χ2n) is 17.2. The maximum Gasteiger partial charge on any atom is 0.326 e. The van der Waals surface area contributed by atoms with E-state index in [2.05, 4.69) is 26.6 Å². The summed E-state index contributed by atoms with van der Waals surface area (Å²) in [7, 11) is 0. The summed E-state index contributed by atoms with van der Waals surface area (Å²) in [6.45, 7) is 8.95. The van der Waals surface area contributed by atoms with E-state index in [0.29, 0.717) is 24.8 Å². The van der Waals surface area contributed by atoms with Crippen LogP contribution in [0.15, 0.2) is 30.3 Å². The number of unbranched alkanes of at least 4 members (excludes halogenated alkanes) is 11. The van der Waals surface area contributed by atoms with Crippen LogP contribution in [0.1, 0.15) is 149 Å². The van der Waals surface area contributed by atoms with Crippen LogP contribution in [-0.2, 0) is 44.8 Å². The predicted molar refractivity (Wildman–Crippen MR) is 236 cm³/mol. The second-order valence-corrected chi connectivity index (χ2v) is 17.2. The number of carbonyl (C=O) groups is 8. The van der Waals surface area contributed by atoms with Gasteiger partial charge in [-0.05, 0) is 50.0 Å². The Morgan fingerprint density at radius 1 is 0.532 bits per heavy atom. The number of benzene rings is 1. The van der Waals surface area contributed by atoms with Gasteiger partial charge in [-0.3, -0.25) is 33.6 Å². The minimum Gasteiger partial charge on any atom is -0.480 e. The summed E-state index contributed by atoms with van der Waals surface area (Å²) in [6, 6.07) is 3.12. The first-order valence-corrected chi connectivity index (χ1v) is 22.3. The van der Waals surface area contributed by atoms with Gasteiger partial charge in [0.2, 0.25) is 41.4 Å². The molecule has 350 valence electrons. The third-order valence-electron chi connectivity index (χ3n) is 10.3. The molecule has 0 heterocycles. The Balaban J connectivity index is 2.31. The molecule has 0 bridgehead atoms. The largest absolute Gasteiger partial charge is 0.480 e. The fraction of sp³-hybridized carbons (Fsp3) is 0.689. The first-order valence-electron chi connectivity index (χ1n) is 22.3. The highest BCUT2D eigenvalue weighted by atomic mass is 16.4. The third-order valence-corrected chi connectivity index (χ3v) is 10.3. The fourth-order valence-electron chi connectivity index (χ4n) is 6.94. The van der Waals surface area contributed by atoms with Gasteiger partial charge in [-0.2, -0.15) is 0 Å². The Hall–Kier alpha value is -5.06. The van der Waals surface area contributed by atoms with Crippen molar-refractivity contribution < 1.29 is 48.6 Å². The highest BCUT2D eigenvalue weighted by Gasteiger charge is 2.32. The molecule has 0 fully saturated rings. The molecule has 7 amide bonds. The lowest BCUT2D eigenvalue weighted by atomic mass is 9.99. The summed E-state index contributed by atoms with van der Waals surface area (Å²) in [5.74, 6) is -5.42. The van der Waals surface area contributed by atoms with E-state index in [0.717, 1.165) is 64.2 Å². The van der Waals surface area contributed by atoms with Crippen molar-refractivity contribution in [1.29, 1.82) is 0 Å². The Labute approximate surface area is 367 Å². The van der Waals surface area contributed by atoms with Crippen molar-refractivity contribution in [1.82, 2.24) is 26.6 Å². The molecule has 1 aromatic carbocycles. The number of carboxylic acids is 1. The number of aliphatic hydroxyl groups is 1. The predicted octanol–water partition coefficient (Wildman–Crippen LogP) is 3.03. The van der Waals surface area contributed by atoms with Crippen LogP contribution in [0.5, 0.6) is 0 Å². The van der Waals surface area contributed by atoms with E-state index in [1.807, 2.05) is 27.7 Å². The summed E-state index contributed by atoms with van der Waals surface area (Å²) in [6.07, 6.45) is 10.5. The minimum absolute atomic E-state index is 0.0197. The smallest absolute Gasteiger partial charge is 0.326 e. The van der Waals surface area contributed by atoms with E-state index < -0.39 is 84.1 Å². The lowest BCUT2D eigenvalue weighted by Crippen LogP contribution is -2.58. The highest BCUT2D eigenvalue weighted by Crippen LogP contribution is 2.14. The topological polar surface area (TPSA) is 289 Å². The molecular weight excluding hydrogens is 799 g/mol. The molecule has 0 unspecified atom stereocenters. The maximum atomic E-state index is 13.2. The first-order chi connectivity index (χ1) is 29.3. The molecule has 0 spiro atoms. The summed E-state index contributed by atoms with van der Waals surface area (Å²) in [5.41, 5.74) is 11.5. The van der Waals surface area contributed by atoms with Gasteiger partial charge in [-0.1, -0.05) is 122 Å². The van der Waals surface area contributed by atoms with Gasteiger partial charge in [0.15, 0.2) is 0 Å². The Kier molecular flexibility index (Phi) is 27.4. The Morgan fingerprint density at radius 3 is 1.39 bits per heavy atom. The van der Waals surface area contributed by atoms with Crippen molar-refractivity contribution in [3.8, 4) is 0 Å². The third kappa shape index (κ3) is 25.0. The molecule has 0 radical (unpaired) electrons. The van der Waals surface area contributed by atoms with Crippen molar-refractivity contribution in [3.63, 3.8) is 0 Å². The van der Waals surface area contributed by atoms with Gasteiger partial charge < -0.3 is 48.3 Å². The zero-order valence-corrected chi connectivity index (χ0v) is 37.5. The number of hydrogen-bond donors (Lipinski definition) is 9. The summed E-state index contributed by atoms with van der Waals surface area (Å²) in [4.78, 5) is 99.8. The lowest BCUT2D eigenvalue weighted by Gasteiger charge is -2.27. The van der Waals surface area contributed by atoms with Crippen molar-refractivity contribution >= 4 is 47.3 Å². The summed E-state index contributed by atoms with van der Waals surface area (Å²) < 4.78 is 0.